The summed E-state index contributed by atoms with van der Waals surface area (Å²) in [5.74, 6) is -0.670. The lowest BCUT2D eigenvalue weighted by Crippen LogP contribution is -2.27. The molecule has 1 aliphatic heterocycles. The highest BCUT2D eigenvalue weighted by atomic mass is 16.5. The number of rotatable bonds is 5. The van der Waals surface area contributed by atoms with E-state index >= 15 is 0 Å². The van der Waals surface area contributed by atoms with E-state index in [2.05, 4.69) is 10.1 Å². The Morgan fingerprint density at radius 2 is 1.76 bits per heavy atom. The van der Waals surface area contributed by atoms with Gasteiger partial charge in [-0.3, -0.25) is 0 Å². The molecular formula is C25H21N3O5. The van der Waals surface area contributed by atoms with E-state index in [1.807, 2.05) is 37.3 Å². The maximum atomic E-state index is 12.8. The molecule has 8 nitrogen and oxygen atoms in total. The van der Waals surface area contributed by atoms with Crippen molar-refractivity contribution in [1.29, 1.82) is 0 Å². The lowest BCUT2D eigenvalue weighted by Gasteiger charge is -2.24. The van der Waals surface area contributed by atoms with Gasteiger partial charge in [0.1, 0.15) is 5.70 Å². The van der Waals surface area contributed by atoms with Crippen LogP contribution in [0.2, 0.25) is 0 Å². The van der Waals surface area contributed by atoms with Crippen LogP contribution in [0.25, 0.3) is 22.8 Å². The average molecular weight is 443 g/mol. The molecule has 0 saturated heterocycles. The van der Waals surface area contributed by atoms with E-state index < -0.39 is 11.9 Å². The number of carbonyl (C=O) groups excluding carboxylic acids is 2. The number of hydrogen-bond acceptors (Lipinski definition) is 8. The molecule has 33 heavy (non-hydrogen) atoms. The number of methoxy groups -OCH3 is 2. The molecule has 4 rings (SSSR count). The molecule has 2 heterocycles. The van der Waals surface area contributed by atoms with E-state index in [1.165, 1.54) is 20.3 Å². The van der Waals surface area contributed by atoms with Crippen molar-refractivity contribution in [2.45, 2.75) is 6.92 Å². The first kappa shape index (κ1) is 21.8. The number of carbonyl (C=O) groups is 2. The summed E-state index contributed by atoms with van der Waals surface area (Å²) >= 11 is 0. The molecule has 0 unspecified atom stereocenters. The molecule has 0 atom stereocenters. The number of aryl methyl sites for hydroxylation is 1. The summed E-state index contributed by atoms with van der Waals surface area (Å²) in [5.41, 5.74) is 3.06. The van der Waals surface area contributed by atoms with Crippen molar-refractivity contribution in [3.63, 3.8) is 0 Å². The Hall–Kier alpha value is -4.46. The summed E-state index contributed by atoms with van der Waals surface area (Å²) in [7, 11) is 2.50. The molecule has 0 N–H and O–H groups in total. The van der Waals surface area contributed by atoms with Crippen molar-refractivity contribution in [2.24, 2.45) is 0 Å². The molecule has 0 amide bonds. The van der Waals surface area contributed by atoms with E-state index in [4.69, 9.17) is 14.0 Å². The molecule has 0 bridgehead atoms. The Bertz CT molecular complexity index is 1300. The van der Waals surface area contributed by atoms with Crippen LogP contribution >= 0.6 is 0 Å². The van der Waals surface area contributed by atoms with Crippen LogP contribution in [0.15, 0.2) is 88.8 Å². The van der Waals surface area contributed by atoms with Crippen LogP contribution in [-0.4, -0.2) is 36.3 Å². The standard InChI is InChI=1S/C25H21N3O5/c1-16-9-8-10-17(15-16)22-26-23(33-27-22)18-11-4-5-13-20(18)28-14-7-6-12-19(24(29)31-2)21(28)25(30)32-3/h4-15H,1-3H3. The van der Waals surface area contributed by atoms with Gasteiger partial charge in [0.15, 0.2) is 0 Å². The number of nitrogens with zero attached hydrogens (tertiary/aromatic N) is 3. The van der Waals surface area contributed by atoms with Gasteiger partial charge in [-0.1, -0.05) is 47.1 Å². The average Bonchev–Trinajstić information content (AvgIpc) is 3.23. The summed E-state index contributed by atoms with van der Waals surface area (Å²) in [6, 6.07) is 15.0. The molecule has 0 aliphatic carbocycles. The van der Waals surface area contributed by atoms with Crippen molar-refractivity contribution in [1.82, 2.24) is 10.1 Å². The maximum absolute atomic E-state index is 12.8. The van der Waals surface area contributed by atoms with Crippen molar-refractivity contribution >= 4 is 17.6 Å². The Morgan fingerprint density at radius 3 is 2.52 bits per heavy atom. The zero-order chi connectivity index (χ0) is 23.4. The first-order valence-corrected chi connectivity index (χ1v) is 10.1. The number of allylic oxidation sites excluding steroid dienone is 2. The second-order valence-electron chi connectivity index (χ2n) is 7.13. The second-order valence-corrected chi connectivity index (χ2v) is 7.13. The number of aromatic nitrogens is 2. The first-order chi connectivity index (χ1) is 16.0. The molecule has 166 valence electrons. The number of hydrogen-bond donors (Lipinski definition) is 0. The van der Waals surface area contributed by atoms with Crippen molar-refractivity contribution in [3.05, 3.63) is 89.8 Å². The Kier molecular flexibility index (Phi) is 6.17. The maximum Gasteiger partial charge on any atom is 0.355 e. The van der Waals surface area contributed by atoms with Gasteiger partial charge in [0.05, 0.1) is 31.0 Å². The van der Waals surface area contributed by atoms with Crippen LogP contribution in [0.5, 0.6) is 0 Å². The van der Waals surface area contributed by atoms with Crippen LogP contribution < -0.4 is 4.90 Å². The minimum Gasteiger partial charge on any atom is -0.465 e. The quantitative estimate of drug-likeness (QED) is 0.542. The molecule has 0 fully saturated rings. The highest BCUT2D eigenvalue weighted by molar-refractivity contribution is 6.06. The minimum absolute atomic E-state index is 0.000206. The van der Waals surface area contributed by atoms with Gasteiger partial charge < -0.3 is 18.9 Å². The fourth-order valence-corrected chi connectivity index (χ4v) is 3.45. The van der Waals surface area contributed by atoms with Gasteiger partial charge in [-0.2, -0.15) is 4.98 Å². The molecule has 0 radical (unpaired) electrons. The van der Waals surface area contributed by atoms with E-state index in [0.717, 1.165) is 11.1 Å². The van der Waals surface area contributed by atoms with Crippen LogP contribution in [0.1, 0.15) is 5.56 Å². The molecule has 1 aliphatic rings. The minimum atomic E-state index is -0.701. The highest BCUT2D eigenvalue weighted by Crippen LogP contribution is 2.35. The highest BCUT2D eigenvalue weighted by Gasteiger charge is 2.29. The smallest absolute Gasteiger partial charge is 0.355 e. The summed E-state index contributed by atoms with van der Waals surface area (Å²) < 4.78 is 15.4. The fourth-order valence-electron chi connectivity index (χ4n) is 3.45. The second kappa shape index (κ2) is 9.35. The predicted octanol–water partition coefficient (Wildman–Crippen LogP) is 4.20. The number of esters is 2. The zero-order valence-corrected chi connectivity index (χ0v) is 18.3. The number of anilines is 1. The number of benzene rings is 2. The van der Waals surface area contributed by atoms with Crippen LogP contribution in [0.3, 0.4) is 0 Å². The van der Waals surface area contributed by atoms with Crippen LogP contribution in [0, 0.1) is 6.92 Å². The van der Waals surface area contributed by atoms with E-state index in [9.17, 15) is 9.59 Å². The molecule has 0 spiro atoms. The molecule has 8 heteroatoms. The summed E-state index contributed by atoms with van der Waals surface area (Å²) in [4.78, 5) is 31.3. The van der Waals surface area contributed by atoms with Gasteiger partial charge >= 0.3 is 11.9 Å². The first-order valence-electron chi connectivity index (χ1n) is 10.1. The SMILES string of the molecule is COC(=O)C1=C(C(=O)OC)N(c2ccccc2-c2nc(-c3cccc(C)c3)no2)C=CC=C1. The normalized spacial score (nSPS) is 13.1. The predicted molar refractivity (Wildman–Crippen MR) is 122 cm³/mol. The topological polar surface area (TPSA) is 94.8 Å². The van der Waals surface area contributed by atoms with Gasteiger partial charge in [0.25, 0.3) is 5.89 Å². The number of para-hydroxylation sites is 1. The van der Waals surface area contributed by atoms with Crippen molar-refractivity contribution < 1.29 is 23.6 Å². The molecular weight excluding hydrogens is 422 g/mol. The lowest BCUT2D eigenvalue weighted by molar-refractivity contribution is -0.139. The van der Waals surface area contributed by atoms with Crippen LogP contribution in [0.4, 0.5) is 5.69 Å². The third kappa shape index (κ3) is 4.31. The third-order valence-electron chi connectivity index (χ3n) is 4.99. The van der Waals surface area contributed by atoms with E-state index in [0.29, 0.717) is 17.1 Å². The largest absolute Gasteiger partial charge is 0.465 e. The summed E-state index contributed by atoms with van der Waals surface area (Å²) in [6.07, 6.45) is 6.48. The van der Waals surface area contributed by atoms with Gasteiger partial charge in [-0.05, 0) is 37.3 Å². The van der Waals surface area contributed by atoms with Gasteiger partial charge in [0, 0.05) is 11.8 Å². The van der Waals surface area contributed by atoms with E-state index in [1.54, 1.807) is 41.5 Å². The van der Waals surface area contributed by atoms with Crippen LogP contribution in [-0.2, 0) is 19.1 Å². The zero-order valence-electron chi connectivity index (χ0n) is 18.3. The Balaban J connectivity index is 1.85. The third-order valence-corrected chi connectivity index (χ3v) is 4.99. The fraction of sp³-hybridized carbons (Fsp3) is 0.120. The monoisotopic (exact) mass is 443 g/mol. The van der Waals surface area contributed by atoms with Gasteiger partial charge in [-0.25, -0.2) is 9.59 Å². The molecule has 2 aromatic carbocycles. The lowest BCUT2D eigenvalue weighted by atomic mass is 10.1. The summed E-state index contributed by atoms with van der Waals surface area (Å²) in [6.45, 7) is 1.99. The summed E-state index contributed by atoms with van der Waals surface area (Å²) in [5, 5.41) is 4.12. The van der Waals surface area contributed by atoms with Gasteiger partial charge in [-0.15, -0.1) is 0 Å². The number of ether oxygens (including phenoxy) is 2. The van der Waals surface area contributed by atoms with Gasteiger partial charge in [0.2, 0.25) is 5.82 Å². The van der Waals surface area contributed by atoms with Crippen molar-refractivity contribution in [2.75, 3.05) is 19.1 Å². The Labute approximate surface area is 190 Å². The molecule has 0 saturated carbocycles. The van der Waals surface area contributed by atoms with Crippen molar-refractivity contribution in [3.8, 4) is 22.8 Å². The molecule has 3 aromatic rings. The van der Waals surface area contributed by atoms with E-state index in [-0.39, 0.29) is 17.2 Å². The molecule has 1 aromatic heterocycles. The Morgan fingerprint density at radius 1 is 0.970 bits per heavy atom.